The number of hydrogen-bond acceptors (Lipinski definition) is 5. The third-order valence-corrected chi connectivity index (χ3v) is 4.13. The number of nitrogen functional groups attached to an aromatic ring is 1. The van der Waals surface area contributed by atoms with Gasteiger partial charge in [0.15, 0.2) is 0 Å². The molecule has 0 bridgehead atoms. The normalized spacial score (nSPS) is 10.4. The minimum atomic E-state index is -0.548. The third-order valence-electron chi connectivity index (χ3n) is 4.13. The molecule has 0 unspecified atom stereocenters. The van der Waals surface area contributed by atoms with Gasteiger partial charge in [-0.1, -0.05) is 30.3 Å². The molecule has 3 N–H and O–H groups in total. The van der Waals surface area contributed by atoms with E-state index in [-0.39, 0.29) is 17.3 Å². The van der Waals surface area contributed by atoms with Crippen LogP contribution in [0.3, 0.4) is 0 Å². The number of nitrogens with one attached hydrogen (secondary N) is 1. The molecular formula is C20H20N4O3. The number of ether oxygens (including phenoxy) is 1. The number of rotatable bonds is 6. The third kappa shape index (κ3) is 4.14. The van der Waals surface area contributed by atoms with Gasteiger partial charge in [0.25, 0.3) is 5.91 Å². The maximum absolute atomic E-state index is 12.3. The zero-order valence-electron chi connectivity index (χ0n) is 14.9. The first-order chi connectivity index (χ1) is 13.1. The minimum Gasteiger partial charge on any atom is -0.465 e. The number of aromatic nitrogens is 2. The van der Waals surface area contributed by atoms with Crippen LogP contribution < -0.4 is 11.1 Å². The number of esters is 1. The second-order valence-electron chi connectivity index (χ2n) is 5.89. The van der Waals surface area contributed by atoms with Crippen LogP contribution in [0.4, 0.5) is 5.82 Å². The van der Waals surface area contributed by atoms with Gasteiger partial charge in [0.1, 0.15) is 11.4 Å². The van der Waals surface area contributed by atoms with Crippen LogP contribution >= 0.6 is 0 Å². The first-order valence-electron chi connectivity index (χ1n) is 8.44. The Balaban J connectivity index is 1.64. The second kappa shape index (κ2) is 8.18. The van der Waals surface area contributed by atoms with Gasteiger partial charge >= 0.3 is 5.97 Å². The van der Waals surface area contributed by atoms with E-state index in [0.717, 1.165) is 6.42 Å². The van der Waals surface area contributed by atoms with Crippen LogP contribution in [0.15, 0.2) is 60.8 Å². The number of hydrogen-bond donors (Lipinski definition) is 2. The van der Waals surface area contributed by atoms with Crippen molar-refractivity contribution in [1.82, 2.24) is 15.1 Å². The second-order valence-corrected chi connectivity index (χ2v) is 5.89. The maximum Gasteiger partial charge on any atom is 0.343 e. The first kappa shape index (κ1) is 18.2. The zero-order valence-corrected chi connectivity index (χ0v) is 14.9. The smallest absolute Gasteiger partial charge is 0.343 e. The maximum atomic E-state index is 12.3. The molecular weight excluding hydrogens is 344 g/mol. The van der Waals surface area contributed by atoms with E-state index in [1.807, 2.05) is 30.3 Å². The molecule has 1 heterocycles. The molecule has 0 spiro atoms. The Kier molecular flexibility index (Phi) is 5.51. The van der Waals surface area contributed by atoms with Crippen LogP contribution in [0.5, 0.6) is 0 Å². The van der Waals surface area contributed by atoms with E-state index in [1.54, 1.807) is 24.3 Å². The number of benzene rings is 2. The number of amides is 1. The predicted molar refractivity (Wildman–Crippen MR) is 102 cm³/mol. The van der Waals surface area contributed by atoms with Crippen LogP contribution in [0.2, 0.25) is 0 Å². The van der Waals surface area contributed by atoms with E-state index < -0.39 is 5.97 Å². The van der Waals surface area contributed by atoms with Crippen molar-refractivity contribution in [3.63, 3.8) is 0 Å². The summed E-state index contributed by atoms with van der Waals surface area (Å²) in [7, 11) is 1.28. The molecule has 27 heavy (non-hydrogen) atoms. The largest absolute Gasteiger partial charge is 0.465 e. The molecule has 0 saturated carbocycles. The molecule has 0 saturated heterocycles. The quantitative estimate of drug-likeness (QED) is 0.654. The van der Waals surface area contributed by atoms with Crippen molar-refractivity contribution in [1.29, 1.82) is 0 Å². The predicted octanol–water partition coefficient (Wildman–Crippen LogP) is 2.21. The number of nitrogens with zero attached hydrogens (tertiary/aromatic N) is 2. The van der Waals surface area contributed by atoms with E-state index in [9.17, 15) is 9.59 Å². The summed E-state index contributed by atoms with van der Waals surface area (Å²) in [5.74, 6) is -0.517. The lowest BCUT2D eigenvalue weighted by Crippen LogP contribution is -2.25. The van der Waals surface area contributed by atoms with Crippen molar-refractivity contribution >= 4 is 17.7 Å². The van der Waals surface area contributed by atoms with Crippen LogP contribution in [-0.4, -0.2) is 35.3 Å². The SMILES string of the molecule is COC(=O)c1cnn(-c2ccc(C(=O)NCCc3ccccc3)cc2)c1N. The van der Waals surface area contributed by atoms with Crippen molar-refractivity contribution in [2.75, 3.05) is 19.4 Å². The van der Waals surface area contributed by atoms with Gasteiger partial charge in [-0.15, -0.1) is 0 Å². The molecule has 0 aliphatic rings. The van der Waals surface area contributed by atoms with Crippen LogP contribution in [0.25, 0.3) is 5.69 Å². The van der Waals surface area contributed by atoms with Crippen LogP contribution in [0, 0.1) is 0 Å². The molecule has 7 heteroatoms. The molecule has 3 aromatic rings. The highest BCUT2D eigenvalue weighted by Crippen LogP contribution is 2.18. The Morgan fingerprint density at radius 3 is 2.48 bits per heavy atom. The van der Waals surface area contributed by atoms with E-state index >= 15 is 0 Å². The van der Waals surface area contributed by atoms with Gasteiger partial charge in [0, 0.05) is 12.1 Å². The fourth-order valence-corrected chi connectivity index (χ4v) is 2.65. The van der Waals surface area contributed by atoms with Crippen LogP contribution in [-0.2, 0) is 11.2 Å². The Labute approximate surface area is 156 Å². The number of methoxy groups -OCH3 is 1. The van der Waals surface area contributed by atoms with Crippen molar-refractivity contribution in [2.24, 2.45) is 0 Å². The Morgan fingerprint density at radius 1 is 1.11 bits per heavy atom. The van der Waals surface area contributed by atoms with Crippen molar-refractivity contribution in [2.45, 2.75) is 6.42 Å². The molecule has 1 amide bonds. The van der Waals surface area contributed by atoms with Gasteiger partial charge in [-0.2, -0.15) is 5.10 Å². The molecule has 138 valence electrons. The highest BCUT2D eigenvalue weighted by atomic mass is 16.5. The van der Waals surface area contributed by atoms with E-state index in [2.05, 4.69) is 15.2 Å². The molecule has 0 fully saturated rings. The number of nitrogens with two attached hydrogens (primary N) is 1. The van der Waals surface area contributed by atoms with E-state index in [1.165, 1.54) is 23.6 Å². The highest BCUT2D eigenvalue weighted by Gasteiger charge is 2.16. The number of carbonyl (C=O) groups is 2. The molecule has 3 rings (SSSR count). The van der Waals surface area contributed by atoms with Gasteiger partial charge in [0.05, 0.1) is 19.0 Å². The molecule has 7 nitrogen and oxygen atoms in total. The number of anilines is 1. The fraction of sp³-hybridized carbons (Fsp3) is 0.150. The molecule has 0 radical (unpaired) electrons. The van der Waals surface area contributed by atoms with Crippen molar-refractivity contribution in [3.8, 4) is 5.69 Å². The van der Waals surface area contributed by atoms with E-state index in [0.29, 0.717) is 17.8 Å². The monoisotopic (exact) mass is 364 g/mol. The summed E-state index contributed by atoms with van der Waals surface area (Å²) in [6, 6.07) is 16.8. The summed E-state index contributed by atoms with van der Waals surface area (Å²) in [6.45, 7) is 0.555. The number of carbonyl (C=O) groups excluding carboxylic acids is 2. The highest BCUT2D eigenvalue weighted by molar-refractivity contribution is 5.95. The van der Waals surface area contributed by atoms with Crippen LogP contribution in [0.1, 0.15) is 26.3 Å². The first-order valence-corrected chi connectivity index (χ1v) is 8.44. The average molecular weight is 364 g/mol. The topological polar surface area (TPSA) is 99.2 Å². The summed E-state index contributed by atoms with van der Waals surface area (Å²) in [5.41, 5.74) is 8.49. The standard InChI is InChI=1S/C20H20N4O3/c1-27-20(26)17-13-23-24(18(17)21)16-9-7-15(8-10-16)19(25)22-12-11-14-5-3-2-4-6-14/h2-10,13H,11-12,21H2,1H3,(H,22,25). The molecule has 0 aliphatic carbocycles. The summed E-state index contributed by atoms with van der Waals surface area (Å²) in [6.07, 6.45) is 2.12. The minimum absolute atomic E-state index is 0.152. The Bertz CT molecular complexity index is 934. The fourth-order valence-electron chi connectivity index (χ4n) is 2.65. The Hall–Kier alpha value is -3.61. The molecule has 1 aromatic heterocycles. The van der Waals surface area contributed by atoms with Gasteiger partial charge in [-0.25, -0.2) is 9.48 Å². The zero-order chi connectivity index (χ0) is 19.2. The Morgan fingerprint density at radius 2 is 1.81 bits per heavy atom. The van der Waals surface area contributed by atoms with E-state index in [4.69, 9.17) is 5.73 Å². The summed E-state index contributed by atoms with van der Waals surface area (Å²) < 4.78 is 6.08. The molecule has 0 atom stereocenters. The van der Waals surface area contributed by atoms with Crippen molar-refractivity contribution < 1.29 is 14.3 Å². The lowest BCUT2D eigenvalue weighted by molar-refractivity contribution is 0.0601. The lowest BCUT2D eigenvalue weighted by atomic mass is 10.1. The summed E-state index contributed by atoms with van der Waals surface area (Å²) in [4.78, 5) is 23.9. The van der Waals surface area contributed by atoms with Gasteiger partial charge in [-0.05, 0) is 36.2 Å². The van der Waals surface area contributed by atoms with Gasteiger partial charge < -0.3 is 15.8 Å². The summed E-state index contributed by atoms with van der Waals surface area (Å²) >= 11 is 0. The lowest BCUT2D eigenvalue weighted by Gasteiger charge is -2.08. The molecule has 2 aromatic carbocycles. The summed E-state index contributed by atoms with van der Waals surface area (Å²) in [5, 5.41) is 7.00. The van der Waals surface area contributed by atoms with Gasteiger partial charge in [0.2, 0.25) is 0 Å². The average Bonchev–Trinajstić information content (AvgIpc) is 3.09. The van der Waals surface area contributed by atoms with Crippen molar-refractivity contribution in [3.05, 3.63) is 77.5 Å². The van der Waals surface area contributed by atoms with Gasteiger partial charge in [-0.3, -0.25) is 4.79 Å². The molecule has 0 aliphatic heterocycles.